The molecule has 30 heavy (non-hydrogen) atoms. The summed E-state index contributed by atoms with van der Waals surface area (Å²) in [6.07, 6.45) is -0.191. The summed E-state index contributed by atoms with van der Waals surface area (Å²) in [4.78, 5) is 18.7. The average molecular weight is 481 g/mol. The number of hydrogen-bond acceptors (Lipinski definition) is 10. The Morgan fingerprint density at radius 3 is 2.17 bits per heavy atom. The maximum atomic E-state index is 11.6. The smallest absolute Gasteiger partial charge is 0.297 e. The van der Waals surface area contributed by atoms with Gasteiger partial charge in [0.25, 0.3) is 30.5 Å². The van der Waals surface area contributed by atoms with Crippen molar-refractivity contribution in [2.45, 2.75) is 15.9 Å². The van der Waals surface area contributed by atoms with E-state index in [-0.39, 0.29) is 23.3 Å². The van der Waals surface area contributed by atoms with Crippen LogP contribution in [0.25, 0.3) is 0 Å². The predicted octanol–water partition coefficient (Wildman–Crippen LogP) is 2.22. The molecule has 3 rings (SSSR count). The van der Waals surface area contributed by atoms with E-state index in [1.54, 1.807) is 0 Å². The second-order valence-electron chi connectivity index (χ2n) is 5.61. The number of ether oxygens (including phenoxy) is 1. The Hall–Kier alpha value is -2.65. The third kappa shape index (κ3) is 6.70. The SMILES string of the molecule is O=[N+]([O-])c1cccc(S(=O)(=O)OC[C@@H]2CO2)c1.O=[N+]([O-])c1ccccc1S(=O)(=O)Cl. The highest BCUT2D eigenvalue weighted by molar-refractivity contribution is 8.13. The molecule has 1 saturated heterocycles. The minimum Gasteiger partial charge on any atom is -0.371 e. The van der Waals surface area contributed by atoms with Gasteiger partial charge >= 0.3 is 0 Å². The van der Waals surface area contributed by atoms with Crippen LogP contribution in [-0.4, -0.2) is 46.0 Å². The van der Waals surface area contributed by atoms with E-state index in [1.165, 1.54) is 30.3 Å². The Morgan fingerprint density at radius 2 is 1.67 bits per heavy atom. The van der Waals surface area contributed by atoms with E-state index in [9.17, 15) is 37.1 Å². The minimum absolute atomic E-state index is 0.0645. The quantitative estimate of drug-likeness (QED) is 0.187. The van der Waals surface area contributed by atoms with Crippen molar-refractivity contribution >= 4 is 41.2 Å². The molecular weight excluding hydrogens is 468 g/mol. The summed E-state index contributed by atoms with van der Waals surface area (Å²) in [7, 11) is -3.03. The van der Waals surface area contributed by atoms with Gasteiger partial charge in [0.2, 0.25) is 0 Å². The number of nitro groups is 2. The Bertz CT molecular complexity index is 1160. The molecule has 0 amide bonds. The normalized spacial score (nSPS) is 15.6. The van der Waals surface area contributed by atoms with Crippen LogP contribution in [-0.2, 0) is 28.1 Å². The lowest BCUT2D eigenvalue weighted by molar-refractivity contribution is -0.387. The van der Waals surface area contributed by atoms with Crippen molar-refractivity contribution < 1.29 is 35.6 Å². The van der Waals surface area contributed by atoms with Crippen LogP contribution in [0.1, 0.15) is 0 Å². The number of benzene rings is 2. The fourth-order valence-electron chi connectivity index (χ4n) is 1.96. The van der Waals surface area contributed by atoms with Crippen LogP contribution in [0.5, 0.6) is 0 Å². The third-order valence-electron chi connectivity index (χ3n) is 3.45. The summed E-state index contributed by atoms with van der Waals surface area (Å²) in [5, 5.41) is 20.9. The molecule has 0 spiro atoms. The molecule has 0 bridgehead atoms. The molecule has 162 valence electrons. The highest BCUT2D eigenvalue weighted by Gasteiger charge is 2.27. The molecular formula is C15H13ClN2O10S2. The Labute approximate surface area is 174 Å². The number of nitrogens with zero attached hydrogens (tertiary/aromatic N) is 2. The fraction of sp³-hybridized carbons (Fsp3) is 0.200. The van der Waals surface area contributed by atoms with Crippen molar-refractivity contribution in [3.8, 4) is 0 Å². The molecule has 0 aliphatic carbocycles. The number of para-hydroxylation sites is 1. The number of non-ortho nitro benzene ring substituents is 1. The molecule has 1 atom stereocenters. The predicted molar refractivity (Wildman–Crippen MR) is 102 cm³/mol. The van der Waals surface area contributed by atoms with E-state index in [0.29, 0.717) is 6.61 Å². The maximum Gasteiger partial charge on any atom is 0.297 e. The first kappa shape index (κ1) is 23.6. The lowest BCUT2D eigenvalue weighted by Gasteiger charge is -2.03. The van der Waals surface area contributed by atoms with Gasteiger partial charge in [0.1, 0.15) is 11.0 Å². The fourth-order valence-corrected chi connectivity index (χ4v) is 3.97. The van der Waals surface area contributed by atoms with E-state index < -0.39 is 39.6 Å². The van der Waals surface area contributed by atoms with Gasteiger partial charge in [0, 0.05) is 28.9 Å². The molecule has 2 aromatic carbocycles. The Balaban J connectivity index is 0.000000222. The van der Waals surface area contributed by atoms with E-state index in [2.05, 4.69) is 0 Å². The van der Waals surface area contributed by atoms with E-state index in [4.69, 9.17) is 19.6 Å². The number of halogens is 1. The zero-order valence-electron chi connectivity index (χ0n) is 14.8. The monoisotopic (exact) mass is 480 g/mol. The van der Waals surface area contributed by atoms with E-state index in [1.807, 2.05) is 0 Å². The zero-order valence-corrected chi connectivity index (χ0v) is 17.2. The molecule has 0 aromatic heterocycles. The van der Waals surface area contributed by atoms with Crippen molar-refractivity contribution in [1.29, 1.82) is 0 Å². The summed E-state index contributed by atoms with van der Waals surface area (Å²) in [6.45, 7) is 0.412. The molecule has 15 heteroatoms. The van der Waals surface area contributed by atoms with Crippen LogP contribution in [0, 0.1) is 20.2 Å². The molecule has 1 aliphatic heterocycles. The molecule has 0 radical (unpaired) electrons. The first-order valence-electron chi connectivity index (χ1n) is 7.85. The van der Waals surface area contributed by atoms with Crippen LogP contribution in [0.15, 0.2) is 58.3 Å². The lowest BCUT2D eigenvalue weighted by atomic mass is 10.3. The maximum absolute atomic E-state index is 11.6. The minimum atomic E-state index is -4.05. The van der Waals surface area contributed by atoms with Crippen molar-refractivity contribution in [2.24, 2.45) is 0 Å². The van der Waals surface area contributed by atoms with Gasteiger partial charge in [0.15, 0.2) is 4.90 Å². The van der Waals surface area contributed by atoms with Gasteiger partial charge in [0.05, 0.1) is 23.1 Å². The van der Waals surface area contributed by atoms with Crippen molar-refractivity contribution in [2.75, 3.05) is 13.2 Å². The van der Waals surface area contributed by atoms with Crippen LogP contribution >= 0.6 is 10.7 Å². The van der Waals surface area contributed by atoms with E-state index in [0.717, 1.165) is 18.2 Å². The second kappa shape index (κ2) is 9.44. The number of nitro benzene ring substituents is 2. The zero-order chi connectivity index (χ0) is 22.5. The Kier molecular flexibility index (Phi) is 7.44. The third-order valence-corrected chi connectivity index (χ3v) is 6.10. The second-order valence-corrected chi connectivity index (χ2v) is 9.76. The van der Waals surface area contributed by atoms with Gasteiger partial charge in [-0.3, -0.25) is 24.4 Å². The molecule has 1 aliphatic rings. The highest BCUT2D eigenvalue weighted by Crippen LogP contribution is 2.25. The largest absolute Gasteiger partial charge is 0.371 e. The van der Waals surface area contributed by atoms with Gasteiger partial charge in [-0.1, -0.05) is 18.2 Å². The van der Waals surface area contributed by atoms with Crippen LogP contribution < -0.4 is 0 Å². The summed E-state index contributed by atoms with van der Waals surface area (Å²) < 4.78 is 54.4. The van der Waals surface area contributed by atoms with Crippen molar-refractivity contribution in [3.05, 3.63) is 68.8 Å². The van der Waals surface area contributed by atoms with E-state index >= 15 is 0 Å². The van der Waals surface area contributed by atoms with Gasteiger partial charge in [-0.25, -0.2) is 8.42 Å². The number of rotatable bonds is 7. The Morgan fingerprint density at radius 1 is 1.03 bits per heavy atom. The van der Waals surface area contributed by atoms with Crippen LogP contribution in [0.3, 0.4) is 0 Å². The average Bonchev–Trinajstić information content (AvgIpc) is 3.51. The molecule has 0 unspecified atom stereocenters. The van der Waals surface area contributed by atoms with Crippen LogP contribution in [0.4, 0.5) is 11.4 Å². The van der Waals surface area contributed by atoms with Crippen LogP contribution in [0.2, 0.25) is 0 Å². The van der Waals surface area contributed by atoms with Crippen molar-refractivity contribution in [3.63, 3.8) is 0 Å². The summed E-state index contributed by atoms with van der Waals surface area (Å²) in [5.41, 5.74) is -0.810. The highest BCUT2D eigenvalue weighted by atomic mass is 35.7. The molecule has 12 nitrogen and oxygen atoms in total. The van der Waals surface area contributed by atoms with Gasteiger partial charge in [-0.2, -0.15) is 8.42 Å². The molecule has 1 fully saturated rings. The summed E-state index contributed by atoms with van der Waals surface area (Å²) in [6, 6.07) is 9.60. The molecule has 0 saturated carbocycles. The van der Waals surface area contributed by atoms with Crippen molar-refractivity contribution in [1.82, 2.24) is 0 Å². The summed E-state index contributed by atoms with van der Waals surface area (Å²) in [5.74, 6) is 0. The first-order chi connectivity index (χ1) is 13.9. The topological polar surface area (TPSA) is 176 Å². The molecule has 0 N–H and O–H groups in total. The lowest BCUT2D eigenvalue weighted by Crippen LogP contribution is -2.11. The first-order valence-corrected chi connectivity index (χ1v) is 11.6. The number of hydrogen-bond donors (Lipinski definition) is 0. The van der Waals surface area contributed by atoms with Gasteiger partial charge in [-0.05, 0) is 12.1 Å². The summed E-state index contributed by atoms with van der Waals surface area (Å²) >= 11 is 0. The standard InChI is InChI=1S/C9H9NO6S.C6H4ClNO4S/c11-10(12)7-2-1-3-9(4-7)17(13,14)16-6-8-5-15-8;7-13(11,12)6-4-2-1-3-5(6)8(9)10/h1-4,8H,5-6H2;1-4H/t8-;/m0./s1. The van der Waals surface area contributed by atoms with Gasteiger partial charge < -0.3 is 4.74 Å². The molecule has 2 aromatic rings. The van der Waals surface area contributed by atoms with Gasteiger partial charge in [-0.15, -0.1) is 0 Å². The number of epoxide rings is 1. The molecule has 1 heterocycles.